The van der Waals surface area contributed by atoms with E-state index in [1.807, 2.05) is 0 Å². The minimum absolute atomic E-state index is 0.0415. The van der Waals surface area contributed by atoms with Crippen LogP contribution in [0.15, 0.2) is 18.2 Å². The molecule has 0 bridgehead atoms. The van der Waals surface area contributed by atoms with Crippen molar-refractivity contribution in [2.45, 2.75) is 0 Å². The lowest BCUT2D eigenvalue weighted by Gasteiger charge is -2.26. The number of esters is 1. The molecule has 0 unspecified atom stereocenters. The van der Waals surface area contributed by atoms with E-state index in [0.29, 0.717) is 26.3 Å². The molecule has 0 radical (unpaired) electrons. The number of rotatable bonds is 3. The quantitative estimate of drug-likeness (QED) is 0.458. The van der Waals surface area contributed by atoms with Crippen LogP contribution in [0, 0.1) is 0 Å². The molecule has 1 saturated heterocycles. The lowest BCUT2D eigenvalue weighted by Crippen LogP contribution is -2.42. The third kappa shape index (κ3) is 3.39. The van der Waals surface area contributed by atoms with Gasteiger partial charge in [0.1, 0.15) is 5.75 Å². The molecule has 108 valence electrons. The first-order valence-electron chi connectivity index (χ1n) is 6.19. The monoisotopic (exact) mass is 280 g/mol. The lowest BCUT2D eigenvalue weighted by molar-refractivity contribution is -0.138. The Hall–Kier alpha value is -2.28. The van der Waals surface area contributed by atoms with Gasteiger partial charge in [-0.05, 0) is 18.2 Å². The zero-order valence-corrected chi connectivity index (χ0v) is 10.9. The average molecular weight is 280 g/mol. The fraction of sp³-hybridized carbons (Fsp3) is 0.385. The second kappa shape index (κ2) is 6.25. The maximum atomic E-state index is 11.8. The number of phenols is 1. The number of amides is 1. The normalized spacial score (nSPS) is 14.9. The number of carbonyl (C=O) groups excluding carboxylic acids is 2. The van der Waals surface area contributed by atoms with Crippen molar-refractivity contribution in [1.29, 1.82) is 0 Å². The molecule has 1 aromatic rings. The maximum Gasteiger partial charge on any atom is 0.340 e. The molecule has 1 amide bonds. The molecule has 0 atom stereocenters. The van der Waals surface area contributed by atoms with E-state index >= 15 is 0 Å². The number of hydrogen-bond donors (Lipinski definition) is 2. The van der Waals surface area contributed by atoms with Gasteiger partial charge in [0.05, 0.1) is 18.8 Å². The highest BCUT2D eigenvalue weighted by Crippen LogP contribution is 2.19. The van der Waals surface area contributed by atoms with Gasteiger partial charge in [0.2, 0.25) is 0 Å². The Kier molecular flexibility index (Phi) is 4.41. The van der Waals surface area contributed by atoms with Crippen molar-refractivity contribution in [1.82, 2.24) is 4.90 Å². The van der Waals surface area contributed by atoms with Crippen molar-refractivity contribution in [2.24, 2.45) is 0 Å². The first-order valence-corrected chi connectivity index (χ1v) is 6.19. The van der Waals surface area contributed by atoms with Crippen LogP contribution in [0.4, 0.5) is 5.69 Å². The largest absolute Gasteiger partial charge is 0.508 e. The highest BCUT2D eigenvalue weighted by Gasteiger charge is 2.19. The molecule has 1 aliphatic rings. The Bertz CT molecular complexity index is 511. The van der Waals surface area contributed by atoms with E-state index in [-0.39, 0.29) is 29.5 Å². The van der Waals surface area contributed by atoms with Gasteiger partial charge < -0.3 is 25.2 Å². The highest BCUT2D eigenvalue weighted by molar-refractivity contribution is 5.96. The SMILES string of the molecule is Nc1ccc(O)cc1C(=O)OCC(=O)N1CCOCC1. The molecule has 7 heteroatoms. The van der Waals surface area contributed by atoms with Crippen LogP contribution in [0.1, 0.15) is 10.4 Å². The van der Waals surface area contributed by atoms with Gasteiger partial charge in [-0.15, -0.1) is 0 Å². The number of nitrogens with two attached hydrogens (primary N) is 1. The zero-order valence-electron chi connectivity index (χ0n) is 10.9. The molecule has 0 aliphatic carbocycles. The van der Waals surface area contributed by atoms with E-state index in [9.17, 15) is 14.7 Å². The number of aromatic hydroxyl groups is 1. The van der Waals surface area contributed by atoms with Gasteiger partial charge >= 0.3 is 5.97 Å². The molecular weight excluding hydrogens is 264 g/mol. The number of morpholine rings is 1. The summed E-state index contributed by atoms with van der Waals surface area (Å²) < 4.78 is 10.0. The van der Waals surface area contributed by atoms with Gasteiger partial charge in [-0.1, -0.05) is 0 Å². The van der Waals surface area contributed by atoms with Gasteiger partial charge in [0.25, 0.3) is 5.91 Å². The van der Waals surface area contributed by atoms with Crippen molar-refractivity contribution in [2.75, 3.05) is 38.6 Å². The molecule has 1 aromatic carbocycles. The summed E-state index contributed by atoms with van der Waals surface area (Å²) in [7, 11) is 0. The molecule has 0 spiro atoms. The van der Waals surface area contributed by atoms with E-state index in [4.69, 9.17) is 15.2 Å². The summed E-state index contributed by atoms with van der Waals surface area (Å²) in [4.78, 5) is 25.2. The second-order valence-electron chi connectivity index (χ2n) is 4.34. The van der Waals surface area contributed by atoms with Gasteiger partial charge in [-0.3, -0.25) is 4.79 Å². The number of nitrogen functional groups attached to an aromatic ring is 1. The Labute approximate surface area is 115 Å². The standard InChI is InChI=1S/C13H16N2O5/c14-11-2-1-9(16)7-10(11)13(18)20-8-12(17)15-3-5-19-6-4-15/h1-2,7,16H,3-6,8,14H2. The molecule has 1 fully saturated rings. The van der Waals surface area contributed by atoms with Gasteiger partial charge in [-0.25, -0.2) is 4.79 Å². The lowest BCUT2D eigenvalue weighted by atomic mass is 10.2. The first kappa shape index (κ1) is 14.1. The molecule has 2 rings (SSSR count). The number of hydrogen-bond acceptors (Lipinski definition) is 6. The molecule has 20 heavy (non-hydrogen) atoms. The predicted molar refractivity (Wildman–Crippen MR) is 70.2 cm³/mol. The van der Waals surface area contributed by atoms with Crippen LogP contribution >= 0.6 is 0 Å². The molecule has 1 aliphatic heterocycles. The molecule has 1 heterocycles. The molecule has 7 nitrogen and oxygen atoms in total. The van der Waals surface area contributed by atoms with E-state index in [0.717, 1.165) is 0 Å². The fourth-order valence-corrected chi connectivity index (χ4v) is 1.83. The highest BCUT2D eigenvalue weighted by atomic mass is 16.5. The van der Waals surface area contributed by atoms with Crippen molar-refractivity contribution in [3.63, 3.8) is 0 Å². The molecule has 0 aromatic heterocycles. The van der Waals surface area contributed by atoms with Crippen molar-refractivity contribution in [3.8, 4) is 5.75 Å². The summed E-state index contributed by atoms with van der Waals surface area (Å²) in [6, 6.07) is 3.97. The number of carbonyl (C=O) groups is 2. The first-order chi connectivity index (χ1) is 9.58. The minimum Gasteiger partial charge on any atom is -0.508 e. The molecule has 3 N–H and O–H groups in total. The van der Waals surface area contributed by atoms with Crippen LogP contribution in [-0.2, 0) is 14.3 Å². The number of phenolic OH excluding ortho intramolecular Hbond substituents is 1. The van der Waals surface area contributed by atoms with Crippen molar-refractivity contribution < 1.29 is 24.2 Å². The van der Waals surface area contributed by atoms with Crippen LogP contribution in [0.3, 0.4) is 0 Å². The summed E-state index contributed by atoms with van der Waals surface area (Å²) in [5.41, 5.74) is 5.84. The van der Waals surface area contributed by atoms with E-state index in [1.165, 1.54) is 18.2 Å². The van der Waals surface area contributed by atoms with Gasteiger partial charge in [-0.2, -0.15) is 0 Å². The Morgan fingerprint density at radius 1 is 1.35 bits per heavy atom. The van der Waals surface area contributed by atoms with E-state index in [1.54, 1.807) is 4.90 Å². The second-order valence-corrected chi connectivity index (χ2v) is 4.34. The van der Waals surface area contributed by atoms with Crippen LogP contribution in [0.5, 0.6) is 5.75 Å². The predicted octanol–water partition coefficient (Wildman–Crippen LogP) is -0.0100. The van der Waals surface area contributed by atoms with Crippen LogP contribution in [0.2, 0.25) is 0 Å². The van der Waals surface area contributed by atoms with Gasteiger partial charge in [0.15, 0.2) is 6.61 Å². The van der Waals surface area contributed by atoms with Crippen LogP contribution in [-0.4, -0.2) is 54.8 Å². The Morgan fingerprint density at radius 3 is 2.75 bits per heavy atom. The average Bonchev–Trinajstić information content (AvgIpc) is 2.47. The molecule has 0 saturated carbocycles. The van der Waals surface area contributed by atoms with E-state index in [2.05, 4.69) is 0 Å². The summed E-state index contributed by atoms with van der Waals surface area (Å²) in [6.07, 6.45) is 0. The van der Waals surface area contributed by atoms with Crippen molar-refractivity contribution >= 4 is 17.6 Å². The van der Waals surface area contributed by atoms with E-state index < -0.39 is 5.97 Å². The third-order valence-corrected chi connectivity index (χ3v) is 2.95. The third-order valence-electron chi connectivity index (χ3n) is 2.95. The molecular formula is C13H16N2O5. The van der Waals surface area contributed by atoms with Gasteiger partial charge in [0, 0.05) is 18.8 Å². The smallest absolute Gasteiger partial charge is 0.340 e. The summed E-state index contributed by atoms with van der Waals surface area (Å²) in [6.45, 7) is 1.60. The van der Waals surface area contributed by atoms with Crippen molar-refractivity contribution in [3.05, 3.63) is 23.8 Å². The number of ether oxygens (including phenoxy) is 2. The topological polar surface area (TPSA) is 102 Å². The van der Waals surface area contributed by atoms with Crippen LogP contribution in [0.25, 0.3) is 0 Å². The van der Waals surface area contributed by atoms with Crippen LogP contribution < -0.4 is 5.73 Å². The maximum absolute atomic E-state index is 11.8. The number of benzene rings is 1. The Balaban J connectivity index is 1.91. The fourth-order valence-electron chi connectivity index (χ4n) is 1.83. The zero-order chi connectivity index (χ0) is 14.5. The summed E-state index contributed by atoms with van der Waals surface area (Å²) in [5.74, 6) is -1.11. The number of nitrogens with zero attached hydrogens (tertiary/aromatic N) is 1. The minimum atomic E-state index is -0.736. The summed E-state index contributed by atoms with van der Waals surface area (Å²) >= 11 is 0. The Morgan fingerprint density at radius 2 is 2.05 bits per heavy atom. The summed E-state index contributed by atoms with van der Waals surface area (Å²) in [5, 5.41) is 9.32. The number of anilines is 1.